The molecule has 10 heteroatoms. The van der Waals surface area contributed by atoms with Crippen molar-refractivity contribution in [2.24, 2.45) is 0 Å². The Kier molecular flexibility index (Phi) is 7.25. The first-order valence-electron chi connectivity index (χ1n) is 11.1. The minimum Gasteiger partial charge on any atom is -0.335 e. The normalized spacial score (nSPS) is 16.0. The minimum atomic E-state index is -4.79. The van der Waals surface area contributed by atoms with Gasteiger partial charge in [-0.1, -0.05) is 24.4 Å². The highest BCUT2D eigenvalue weighted by molar-refractivity contribution is 6.30. The fourth-order valence-corrected chi connectivity index (χ4v) is 4.55. The quantitative estimate of drug-likeness (QED) is 0.402. The lowest BCUT2D eigenvalue weighted by Crippen LogP contribution is -2.54. The molecule has 1 atom stereocenters. The van der Waals surface area contributed by atoms with Crippen LogP contribution >= 0.6 is 11.6 Å². The van der Waals surface area contributed by atoms with E-state index in [0.717, 1.165) is 37.8 Å². The summed E-state index contributed by atoms with van der Waals surface area (Å²) in [4.78, 5) is 21.5. The van der Waals surface area contributed by atoms with Crippen LogP contribution in [0.25, 0.3) is 0 Å². The first kappa shape index (κ1) is 24.9. The smallest absolute Gasteiger partial charge is 0.335 e. The predicted octanol–water partition coefficient (Wildman–Crippen LogP) is 6.02. The number of aromatic nitrogens is 2. The maximum Gasteiger partial charge on any atom is 0.416 e. The molecule has 0 spiro atoms. The summed E-state index contributed by atoms with van der Waals surface area (Å²) < 4.78 is 55.5. The van der Waals surface area contributed by atoms with Crippen molar-refractivity contribution in [2.75, 3.05) is 0 Å². The van der Waals surface area contributed by atoms with Gasteiger partial charge < -0.3 is 10.6 Å². The molecule has 2 aromatic heterocycles. The highest BCUT2D eigenvalue weighted by Crippen LogP contribution is 2.38. The SMILES string of the molecule is O=C(NC1CCCC1)NC(Cc1ccncc1)(c1cc(F)cc(C(F)(F)F)c1)c1ccc(Cl)cn1. The van der Waals surface area contributed by atoms with Gasteiger partial charge in [0.2, 0.25) is 0 Å². The highest BCUT2D eigenvalue weighted by atomic mass is 35.5. The van der Waals surface area contributed by atoms with Gasteiger partial charge in [0, 0.05) is 31.1 Å². The number of pyridine rings is 2. The number of rotatable bonds is 6. The molecule has 1 aliphatic rings. The number of nitrogens with zero attached hydrogens (tertiary/aromatic N) is 2. The lowest BCUT2D eigenvalue weighted by Gasteiger charge is -2.36. The summed E-state index contributed by atoms with van der Waals surface area (Å²) in [7, 11) is 0. The van der Waals surface area contributed by atoms with Gasteiger partial charge >= 0.3 is 12.2 Å². The lowest BCUT2D eigenvalue weighted by molar-refractivity contribution is -0.137. The van der Waals surface area contributed by atoms with Gasteiger partial charge in [-0.05, 0) is 66.4 Å². The number of urea groups is 1. The fraction of sp³-hybridized carbons (Fsp3) is 0.320. The van der Waals surface area contributed by atoms with E-state index in [2.05, 4.69) is 20.6 Å². The van der Waals surface area contributed by atoms with Gasteiger partial charge in [-0.25, -0.2) is 9.18 Å². The Hall–Kier alpha value is -3.20. The van der Waals surface area contributed by atoms with E-state index in [1.165, 1.54) is 30.7 Å². The Morgan fingerprint density at radius 3 is 2.34 bits per heavy atom. The van der Waals surface area contributed by atoms with Crippen molar-refractivity contribution in [3.05, 3.63) is 94.3 Å². The van der Waals surface area contributed by atoms with Crippen molar-refractivity contribution in [1.29, 1.82) is 0 Å². The van der Waals surface area contributed by atoms with E-state index >= 15 is 0 Å². The summed E-state index contributed by atoms with van der Waals surface area (Å²) in [6.07, 6.45) is 3.15. The molecule has 1 unspecified atom stereocenters. The second kappa shape index (κ2) is 10.2. The number of nitrogens with one attached hydrogen (secondary N) is 2. The average Bonchev–Trinajstić information content (AvgIpc) is 3.31. The Bertz CT molecular complexity index is 1170. The van der Waals surface area contributed by atoms with Gasteiger partial charge in [0.05, 0.1) is 16.3 Å². The molecule has 184 valence electrons. The van der Waals surface area contributed by atoms with Crippen molar-refractivity contribution in [3.8, 4) is 0 Å². The zero-order valence-corrected chi connectivity index (χ0v) is 19.3. The number of hydrogen-bond donors (Lipinski definition) is 2. The van der Waals surface area contributed by atoms with E-state index < -0.39 is 29.1 Å². The Morgan fingerprint density at radius 2 is 1.71 bits per heavy atom. The Labute approximate surface area is 204 Å². The van der Waals surface area contributed by atoms with Crippen molar-refractivity contribution < 1.29 is 22.4 Å². The molecule has 1 aliphatic carbocycles. The highest BCUT2D eigenvalue weighted by Gasteiger charge is 2.41. The van der Waals surface area contributed by atoms with Crippen LogP contribution in [0, 0.1) is 5.82 Å². The number of carbonyl (C=O) groups is 1. The molecule has 1 saturated carbocycles. The Balaban J connectivity index is 1.89. The third-order valence-electron chi connectivity index (χ3n) is 6.12. The lowest BCUT2D eigenvalue weighted by atomic mass is 9.80. The van der Waals surface area contributed by atoms with Gasteiger partial charge in [-0.2, -0.15) is 13.2 Å². The topological polar surface area (TPSA) is 66.9 Å². The number of hydrogen-bond acceptors (Lipinski definition) is 3. The predicted molar refractivity (Wildman–Crippen MR) is 123 cm³/mol. The number of alkyl halides is 3. The van der Waals surface area contributed by atoms with Crippen molar-refractivity contribution in [3.63, 3.8) is 0 Å². The summed E-state index contributed by atoms with van der Waals surface area (Å²) in [5.74, 6) is -1.08. The van der Waals surface area contributed by atoms with E-state index in [4.69, 9.17) is 11.6 Å². The van der Waals surface area contributed by atoms with Crippen LogP contribution in [0.15, 0.2) is 61.1 Å². The first-order chi connectivity index (χ1) is 16.7. The summed E-state index contributed by atoms with van der Waals surface area (Å²) in [6.45, 7) is 0. The van der Waals surface area contributed by atoms with Crippen LogP contribution in [0.5, 0.6) is 0 Å². The molecule has 0 bridgehead atoms. The minimum absolute atomic E-state index is 0.0109. The summed E-state index contributed by atoms with van der Waals surface area (Å²) in [5, 5.41) is 6.05. The van der Waals surface area contributed by atoms with Crippen molar-refractivity contribution >= 4 is 17.6 Å². The number of amides is 2. The van der Waals surface area contributed by atoms with Crippen LogP contribution in [0.1, 0.15) is 48.1 Å². The molecule has 1 fully saturated rings. The van der Waals surface area contributed by atoms with Gasteiger partial charge in [0.25, 0.3) is 0 Å². The molecule has 5 nitrogen and oxygen atoms in total. The van der Waals surface area contributed by atoms with Crippen LogP contribution in [0.4, 0.5) is 22.4 Å². The largest absolute Gasteiger partial charge is 0.416 e. The third kappa shape index (κ3) is 5.90. The molecule has 0 saturated heterocycles. The molecule has 2 heterocycles. The van der Waals surface area contributed by atoms with E-state index in [0.29, 0.717) is 16.7 Å². The van der Waals surface area contributed by atoms with Crippen LogP contribution in [-0.2, 0) is 18.1 Å². The third-order valence-corrected chi connectivity index (χ3v) is 6.34. The molecule has 0 radical (unpaired) electrons. The molecule has 0 aliphatic heterocycles. The van der Waals surface area contributed by atoms with E-state index in [1.807, 2.05) is 0 Å². The second-order valence-electron chi connectivity index (χ2n) is 8.61. The molecule has 2 N–H and O–H groups in total. The fourth-order valence-electron chi connectivity index (χ4n) is 4.44. The van der Waals surface area contributed by atoms with Crippen LogP contribution < -0.4 is 10.6 Å². The second-order valence-corrected chi connectivity index (χ2v) is 9.04. The summed E-state index contributed by atoms with van der Waals surface area (Å²) in [6, 6.07) is 8.00. The van der Waals surface area contributed by atoms with Crippen molar-refractivity contribution in [2.45, 2.75) is 49.9 Å². The molecule has 2 amide bonds. The van der Waals surface area contributed by atoms with Gasteiger partial charge in [0.1, 0.15) is 11.4 Å². The number of benzene rings is 1. The average molecular weight is 507 g/mol. The summed E-state index contributed by atoms with van der Waals surface area (Å²) >= 11 is 6.02. The number of halogens is 5. The van der Waals surface area contributed by atoms with E-state index in [9.17, 15) is 22.4 Å². The van der Waals surface area contributed by atoms with Gasteiger partial charge in [0.15, 0.2) is 0 Å². The van der Waals surface area contributed by atoms with Crippen LogP contribution in [-0.4, -0.2) is 22.0 Å². The molecule has 35 heavy (non-hydrogen) atoms. The molecule has 3 aromatic rings. The monoisotopic (exact) mass is 506 g/mol. The summed E-state index contributed by atoms with van der Waals surface area (Å²) in [5.41, 5.74) is -2.05. The molecule has 4 rings (SSSR count). The van der Waals surface area contributed by atoms with E-state index in [1.54, 1.807) is 12.1 Å². The van der Waals surface area contributed by atoms with Crippen molar-refractivity contribution in [1.82, 2.24) is 20.6 Å². The van der Waals surface area contributed by atoms with Gasteiger partial charge in [-0.15, -0.1) is 0 Å². The van der Waals surface area contributed by atoms with Crippen LogP contribution in [0.3, 0.4) is 0 Å². The first-order valence-corrected chi connectivity index (χ1v) is 11.5. The Morgan fingerprint density at radius 1 is 1.03 bits per heavy atom. The zero-order chi connectivity index (χ0) is 25.1. The van der Waals surface area contributed by atoms with E-state index in [-0.39, 0.29) is 23.7 Å². The molecular weight excluding hydrogens is 484 g/mol. The molecular formula is C25H23ClF4N4O. The zero-order valence-electron chi connectivity index (χ0n) is 18.6. The standard InChI is InChI=1S/C25H23ClF4N4O/c26-19-5-6-22(32-15-19)24(14-16-7-9-31-10-8-16,34-23(35)33-21-3-1-2-4-21)17-11-18(25(28,29)30)13-20(27)12-17/h5-13,15,21H,1-4,14H2,(H2,33,34,35). The van der Waals surface area contributed by atoms with Gasteiger partial charge in [-0.3, -0.25) is 9.97 Å². The van der Waals surface area contributed by atoms with Crippen LogP contribution in [0.2, 0.25) is 5.02 Å². The maximum atomic E-state index is 14.6. The number of carbonyl (C=O) groups excluding carboxylic acids is 1. The maximum absolute atomic E-state index is 14.6. The molecule has 1 aromatic carbocycles.